The molecule has 2 aliphatic rings. The monoisotopic (exact) mass is 169 g/mol. The summed E-state index contributed by atoms with van der Waals surface area (Å²) in [4.78, 5) is 12.7. The number of rotatable bonds is 3. The molecule has 68 valence electrons. The maximum Gasteiger partial charge on any atom is 0.304 e. The molecular formula is C9H15NO2. The number of carboxylic acid groups (broad SMARTS) is 1. The van der Waals surface area contributed by atoms with E-state index in [4.69, 9.17) is 5.11 Å². The normalized spacial score (nSPS) is 34.3. The number of likely N-dealkylation sites (tertiary alicyclic amines) is 1. The Kier molecular flexibility index (Phi) is 2.05. The molecule has 1 saturated heterocycles. The number of aliphatic carboxylic acids is 1. The van der Waals surface area contributed by atoms with Crippen LogP contribution in [-0.4, -0.2) is 35.1 Å². The van der Waals surface area contributed by atoms with Crippen LogP contribution in [0, 0.1) is 5.92 Å². The fourth-order valence-corrected chi connectivity index (χ4v) is 2.54. The first-order valence-electron chi connectivity index (χ1n) is 4.71. The highest BCUT2D eigenvalue weighted by Crippen LogP contribution is 2.37. The number of hydrogen-bond acceptors (Lipinski definition) is 2. The predicted octanol–water partition coefficient (Wildman–Crippen LogP) is 0.945. The van der Waals surface area contributed by atoms with Gasteiger partial charge in [0, 0.05) is 19.1 Å². The van der Waals surface area contributed by atoms with Gasteiger partial charge < -0.3 is 5.11 Å². The van der Waals surface area contributed by atoms with Crippen LogP contribution in [0.5, 0.6) is 0 Å². The van der Waals surface area contributed by atoms with Gasteiger partial charge in [-0.25, -0.2) is 0 Å². The zero-order valence-corrected chi connectivity index (χ0v) is 7.20. The summed E-state index contributed by atoms with van der Waals surface area (Å²) in [5.74, 6) is 0.210. The standard InChI is InChI=1S/C9H15NO2/c11-9(12)3-4-10-6-7-1-2-8(10)5-7/h7-8H,1-6H2,(H,11,12)/t7-,8+/m1/s1. The smallest absolute Gasteiger partial charge is 0.304 e. The Balaban J connectivity index is 1.79. The van der Waals surface area contributed by atoms with Crippen molar-refractivity contribution in [2.75, 3.05) is 13.1 Å². The second-order valence-corrected chi connectivity index (χ2v) is 3.97. The highest BCUT2D eigenvalue weighted by molar-refractivity contribution is 5.66. The number of carbonyl (C=O) groups is 1. The highest BCUT2D eigenvalue weighted by atomic mass is 16.4. The first-order chi connectivity index (χ1) is 5.75. The first kappa shape index (κ1) is 8.05. The molecule has 3 nitrogen and oxygen atoms in total. The van der Waals surface area contributed by atoms with Gasteiger partial charge in [0.1, 0.15) is 0 Å². The average molecular weight is 169 g/mol. The van der Waals surface area contributed by atoms with Crippen LogP contribution >= 0.6 is 0 Å². The summed E-state index contributed by atoms with van der Waals surface area (Å²) < 4.78 is 0. The van der Waals surface area contributed by atoms with E-state index >= 15 is 0 Å². The van der Waals surface area contributed by atoms with Crippen molar-refractivity contribution in [2.24, 2.45) is 5.92 Å². The maximum absolute atomic E-state index is 10.3. The lowest BCUT2D eigenvalue weighted by Gasteiger charge is -2.25. The van der Waals surface area contributed by atoms with Gasteiger partial charge in [-0.05, 0) is 25.2 Å². The molecule has 1 saturated carbocycles. The van der Waals surface area contributed by atoms with Crippen LogP contribution < -0.4 is 0 Å². The van der Waals surface area contributed by atoms with Crippen molar-refractivity contribution in [3.63, 3.8) is 0 Å². The minimum Gasteiger partial charge on any atom is -0.481 e. The molecule has 1 aliphatic carbocycles. The number of fused-ring (bicyclic) bond motifs is 2. The highest BCUT2D eigenvalue weighted by Gasteiger charge is 2.37. The van der Waals surface area contributed by atoms with Crippen LogP contribution in [-0.2, 0) is 4.79 Å². The van der Waals surface area contributed by atoms with Gasteiger partial charge in [-0.3, -0.25) is 9.69 Å². The fourth-order valence-electron chi connectivity index (χ4n) is 2.54. The van der Waals surface area contributed by atoms with Crippen LogP contribution in [0.15, 0.2) is 0 Å². The Bertz CT molecular complexity index is 193. The number of hydrogen-bond donors (Lipinski definition) is 1. The molecule has 0 aromatic rings. The van der Waals surface area contributed by atoms with Gasteiger partial charge >= 0.3 is 5.97 Å². The molecule has 1 N–H and O–H groups in total. The van der Waals surface area contributed by atoms with Gasteiger partial charge in [0.25, 0.3) is 0 Å². The Hall–Kier alpha value is -0.570. The van der Waals surface area contributed by atoms with Gasteiger partial charge in [0.2, 0.25) is 0 Å². The Morgan fingerprint density at radius 1 is 1.50 bits per heavy atom. The molecule has 3 heteroatoms. The zero-order chi connectivity index (χ0) is 8.55. The van der Waals surface area contributed by atoms with E-state index in [1.807, 2.05) is 0 Å². The van der Waals surface area contributed by atoms with Gasteiger partial charge in [-0.1, -0.05) is 0 Å². The summed E-state index contributed by atoms with van der Waals surface area (Å²) in [6, 6.07) is 0.717. The van der Waals surface area contributed by atoms with Crippen molar-refractivity contribution >= 4 is 5.97 Å². The van der Waals surface area contributed by atoms with E-state index < -0.39 is 5.97 Å². The molecule has 0 aromatic heterocycles. The zero-order valence-electron chi connectivity index (χ0n) is 7.20. The second-order valence-electron chi connectivity index (χ2n) is 3.97. The lowest BCUT2D eigenvalue weighted by molar-refractivity contribution is -0.137. The van der Waals surface area contributed by atoms with Crippen molar-refractivity contribution in [1.29, 1.82) is 0 Å². The average Bonchev–Trinajstić information content (AvgIpc) is 2.60. The van der Waals surface area contributed by atoms with Gasteiger partial charge in [-0.2, -0.15) is 0 Å². The molecule has 2 bridgehead atoms. The third-order valence-corrected chi connectivity index (χ3v) is 3.14. The summed E-state index contributed by atoms with van der Waals surface area (Å²) in [5, 5.41) is 8.52. The Morgan fingerprint density at radius 2 is 2.33 bits per heavy atom. The van der Waals surface area contributed by atoms with Crippen molar-refractivity contribution in [2.45, 2.75) is 31.7 Å². The fraction of sp³-hybridized carbons (Fsp3) is 0.889. The predicted molar refractivity (Wildman–Crippen MR) is 45.0 cm³/mol. The molecule has 12 heavy (non-hydrogen) atoms. The Morgan fingerprint density at radius 3 is 2.83 bits per heavy atom. The maximum atomic E-state index is 10.3. The van der Waals surface area contributed by atoms with E-state index in [0.717, 1.165) is 19.0 Å². The van der Waals surface area contributed by atoms with E-state index in [9.17, 15) is 4.79 Å². The van der Waals surface area contributed by atoms with Crippen molar-refractivity contribution in [3.05, 3.63) is 0 Å². The third kappa shape index (κ3) is 1.46. The summed E-state index contributed by atoms with van der Waals surface area (Å²) in [6.45, 7) is 1.91. The minimum absolute atomic E-state index is 0.309. The summed E-state index contributed by atoms with van der Waals surface area (Å²) in [6.07, 6.45) is 4.29. The quantitative estimate of drug-likeness (QED) is 0.683. The molecule has 0 radical (unpaired) electrons. The molecule has 1 heterocycles. The van der Waals surface area contributed by atoms with Crippen LogP contribution in [0.4, 0.5) is 0 Å². The first-order valence-corrected chi connectivity index (χ1v) is 4.71. The van der Waals surface area contributed by atoms with Crippen LogP contribution in [0.3, 0.4) is 0 Å². The Labute approximate surface area is 72.4 Å². The van der Waals surface area contributed by atoms with Crippen molar-refractivity contribution in [3.8, 4) is 0 Å². The third-order valence-electron chi connectivity index (χ3n) is 3.14. The summed E-state index contributed by atoms with van der Waals surface area (Å²) in [7, 11) is 0. The number of piperidine rings is 1. The van der Waals surface area contributed by atoms with E-state index in [-0.39, 0.29) is 0 Å². The summed E-state index contributed by atoms with van der Waals surface area (Å²) in [5.41, 5.74) is 0. The second kappa shape index (κ2) is 3.05. The van der Waals surface area contributed by atoms with Crippen LogP contribution in [0.1, 0.15) is 25.7 Å². The van der Waals surface area contributed by atoms with E-state index in [1.54, 1.807) is 0 Å². The van der Waals surface area contributed by atoms with Gasteiger partial charge in [-0.15, -0.1) is 0 Å². The lowest BCUT2D eigenvalue weighted by Crippen LogP contribution is -2.33. The molecular weight excluding hydrogens is 154 g/mol. The molecule has 1 aliphatic heterocycles. The largest absolute Gasteiger partial charge is 0.481 e. The van der Waals surface area contributed by atoms with E-state index in [0.29, 0.717) is 12.5 Å². The molecule has 0 amide bonds. The van der Waals surface area contributed by atoms with Gasteiger partial charge in [0.15, 0.2) is 0 Å². The molecule has 2 atom stereocenters. The van der Waals surface area contributed by atoms with Crippen LogP contribution in [0.2, 0.25) is 0 Å². The molecule has 0 unspecified atom stereocenters. The lowest BCUT2D eigenvalue weighted by atomic mass is 10.1. The molecule has 2 fully saturated rings. The minimum atomic E-state index is -0.669. The number of carboxylic acids is 1. The van der Waals surface area contributed by atoms with E-state index in [2.05, 4.69) is 4.90 Å². The molecule has 2 rings (SSSR count). The SMILES string of the molecule is O=C(O)CCN1C[C@@H]2CC[C@H]1C2. The molecule has 0 spiro atoms. The van der Waals surface area contributed by atoms with Crippen molar-refractivity contribution < 1.29 is 9.90 Å². The summed E-state index contributed by atoms with van der Waals surface area (Å²) >= 11 is 0. The van der Waals surface area contributed by atoms with Gasteiger partial charge in [0.05, 0.1) is 6.42 Å². The number of nitrogens with zero attached hydrogens (tertiary/aromatic N) is 1. The van der Waals surface area contributed by atoms with E-state index in [1.165, 1.54) is 19.3 Å². The van der Waals surface area contributed by atoms with Crippen molar-refractivity contribution in [1.82, 2.24) is 4.90 Å². The van der Waals surface area contributed by atoms with Crippen LogP contribution in [0.25, 0.3) is 0 Å². The molecule has 0 aromatic carbocycles. The topological polar surface area (TPSA) is 40.5 Å².